The number of sulfonamides is 1. The number of fused-ring (bicyclic) bond motifs is 1. The van der Waals surface area contributed by atoms with Gasteiger partial charge in [-0.1, -0.05) is 54.1 Å². The average molecular weight is 386 g/mol. The number of hydrogen-bond donors (Lipinski definition) is 1. The zero-order valence-electron chi connectivity index (χ0n) is 13.2. The molecular formula is C17H12ClN5O2S. The third-order valence-corrected chi connectivity index (χ3v) is 5.11. The van der Waals surface area contributed by atoms with Crippen LogP contribution in [0.4, 0.5) is 5.69 Å². The van der Waals surface area contributed by atoms with E-state index in [1.54, 1.807) is 30.5 Å². The van der Waals surface area contributed by atoms with Gasteiger partial charge in [0, 0.05) is 18.0 Å². The predicted molar refractivity (Wildman–Crippen MR) is 98.5 cm³/mol. The Morgan fingerprint density at radius 1 is 1.00 bits per heavy atom. The molecule has 0 amide bonds. The predicted octanol–water partition coefficient (Wildman–Crippen LogP) is 3.25. The fraction of sp³-hybridized carbons (Fsp3) is 0. The molecule has 0 saturated heterocycles. The molecule has 130 valence electrons. The lowest BCUT2D eigenvalue weighted by molar-refractivity contribution is 0.592. The van der Waals surface area contributed by atoms with Crippen LogP contribution in [0.5, 0.6) is 0 Å². The normalized spacial score (nSPS) is 11.6. The van der Waals surface area contributed by atoms with Crippen LogP contribution in [0.25, 0.3) is 16.9 Å². The molecule has 0 aliphatic heterocycles. The third kappa shape index (κ3) is 3.00. The molecule has 0 aliphatic rings. The summed E-state index contributed by atoms with van der Waals surface area (Å²) < 4.78 is 29.3. The fourth-order valence-corrected chi connectivity index (χ4v) is 3.75. The molecule has 7 nitrogen and oxygen atoms in total. The first-order valence-electron chi connectivity index (χ1n) is 7.59. The van der Waals surface area contributed by atoms with E-state index in [4.69, 9.17) is 11.6 Å². The van der Waals surface area contributed by atoms with Gasteiger partial charge in [-0.2, -0.15) is 13.4 Å². The molecule has 0 radical (unpaired) electrons. The van der Waals surface area contributed by atoms with Gasteiger partial charge in [-0.05, 0) is 17.7 Å². The molecule has 0 aliphatic carbocycles. The summed E-state index contributed by atoms with van der Waals surface area (Å²) in [6, 6.07) is 16.1. The SMILES string of the molecule is O=S(=O)(Nc1c(Cl)cccc1-c1ccccc1)c1nc2ncccn2n1. The number of nitrogens with one attached hydrogen (secondary N) is 1. The minimum Gasteiger partial charge on any atom is -0.275 e. The minimum absolute atomic E-state index is 0.190. The molecule has 0 fully saturated rings. The molecule has 1 N–H and O–H groups in total. The smallest absolute Gasteiger partial charge is 0.275 e. The number of rotatable bonds is 4. The monoisotopic (exact) mass is 385 g/mol. The Balaban J connectivity index is 1.79. The number of halogens is 1. The number of benzene rings is 2. The summed E-state index contributed by atoms with van der Waals surface area (Å²) in [6.07, 6.45) is 3.08. The number of aromatic nitrogens is 4. The van der Waals surface area contributed by atoms with E-state index in [1.165, 1.54) is 10.7 Å². The molecule has 2 aromatic heterocycles. The van der Waals surface area contributed by atoms with Gasteiger partial charge in [0.2, 0.25) is 0 Å². The largest absolute Gasteiger partial charge is 0.299 e. The highest BCUT2D eigenvalue weighted by molar-refractivity contribution is 7.92. The lowest BCUT2D eigenvalue weighted by atomic mass is 10.0. The summed E-state index contributed by atoms with van der Waals surface area (Å²) in [6.45, 7) is 0. The second-order valence-corrected chi connectivity index (χ2v) is 7.38. The first-order chi connectivity index (χ1) is 12.5. The molecule has 0 spiro atoms. The second kappa shape index (κ2) is 6.40. The molecule has 0 bridgehead atoms. The first-order valence-corrected chi connectivity index (χ1v) is 9.45. The van der Waals surface area contributed by atoms with Crippen LogP contribution in [0.1, 0.15) is 0 Å². The highest BCUT2D eigenvalue weighted by Crippen LogP contribution is 2.35. The van der Waals surface area contributed by atoms with Crippen LogP contribution in [0, 0.1) is 0 Å². The van der Waals surface area contributed by atoms with Crippen LogP contribution in [-0.2, 0) is 10.0 Å². The summed E-state index contributed by atoms with van der Waals surface area (Å²) in [5.74, 6) is 0.190. The van der Waals surface area contributed by atoms with Gasteiger partial charge in [0.1, 0.15) is 0 Å². The van der Waals surface area contributed by atoms with E-state index < -0.39 is 10.0 Å². The van der Waals surface area contributed by atoms with Crippen molar-refractivity contribution < 1.29 is 8.42 Å². The van der Waals surface area contributed by atoms with E-state index in [9.17, 15) is 8.42 Å². The van der Waals surface area contributed by atoms with Crippen molar-refractivity contribution in [1.29, 1.82) is 0 Å². The van der Waals surface area contributed by atoms with E-state index in [-0.39, 0.29) is 21.6 Å². The molecule has 9 heteroatoms. The zero-order chi connectivity index (χ0) is 18.1. The Hall–Kier alpha value is -2.97. The molecule has 2 heterocycles. The van der Waals surface area contributed by atoms with Crippen LogP contribution in [0.2, 0.25) is 5.02 Å². The van der Waals surface area contributed by atoms with Gasteiger partial charge >= 0.3 is 0 Å². The van der Waals surface area contributed by atoms with Crippen molar-refractivity contribution in [3.05, 3.63) is 72.0 Å². The molecule has 0 unspecified atom stereocenters. The van der Waals surface area contributed by atoms with Gasteiger partial charge in [0.05, 0.1) is 10.7 Å². The lowest BCUT2D eigenvalue weighted by Crippen LogP contribution is -2.15. The van der Waals surface area contributed by atoms with E-state index in [2.05, 4.69) is 19.8 Å². The molecule has 4 rings (SSSR count). The Labute approximate surface area is 154 Å². The maximum Gasteiger partial charge on any atom is 0.299 e. The topological polar surface area (TPSA) is 89.2 Å². The molecule has 2 aromatic carbocycles. The van der Waals surface area contributed by atoms with Crippen LogP contribution in [-0.4, -0.2) is 28.0 Å². The number of hydrogen-bond acceptors (Lipinski definition) is 5. The van der Waals surface area contributed by atoms with Gasteiger partial charge in [-0.25, -0.2) is 9.50 Å². The number of nitrogens with zero attached hydrogens (tertiary/aromatic N) is 4. The Morgan fingerprint density at radius 3 is 2.58 bits per heavy atom. The molecule has 4 aromatic rings. The van der Waals surface area contributed by atoms with Crippen molar-refractivity contribution >= 4 is 33.1 Å². The van der Waals surface area contributed by atoms with Crippen molar-refractivity contribution in [1.82, 2.24) is 19.6 Å². The lowest BCUT2D eigenvalue weighted by Gasteiger charge is -2.13. The Kier molecular flexibility index (Phi) is 4.06. The Bertz CT molecular complexity index is 1160. The van der Waals surface area contributed by atoms with E-state index in [0.717, 1.165) is 5.56 Å². The van der Waals surface area contributed by atoms with Gasteiger partial charge in [-0.3, -0.25) is 4.72 Å². The van der Waals surface area contributed by atoms with Crippen molar-refractivity contribution in [2.45, 2.75) is 5.16 Å². The third-order valence-electron chi connectivity index (χ3n) is 3.67. The first kappa shape index (κ1) is 16.5. The van der Waals surface area contributed by atoms with E-state index in [1.807, 2.05) is 30.3 Å². The second-order valence-electron chi connectivity index (χ2n) is 5.39. The van der Waals surface area contributed by atoms with Crippen molar-refractivity contribution in [2.24, 2.45) is 0 Å². The van der Waals surface area contributed by atoms with E-state index >= 15 is 0 Å². The van der Waals surface area contributed by atoms with Crippen LogP contribution in [0.3, 0.4) is 0 Å². The van der Waals surface area contributed by atoms with Crippen LogP contribution in [0.15, 0.2) is 72.1 Å². The quantitative estimate of drug-likeness (QED) is 0.582. The van der Waals surface area contributed by atoms with Gasteiger partial charge in [0.15, 0.2) is 0 Å². The molecular weight excluding hydrogens is 374 g/mol. The maximum atomic E-state index is 12.8. The zero-order valence-corrected chi connectivity index (χ0v) is 14.8. The summed E-state index contributed by atoms with van der Waals surface area (Å²) in [5.41, 5.74) is 1.76. The highest BCUT2D eigenvalue weighted by Gasteiger charge is 2.23. The summed E-state index contributed by atoms with van der Waals surface area (Å²) in [7, 11) is -4.05. The fourth-order valence-electron chi connectivity index (χ4n) is 2.49. The molecule has 0 atom stereocenters. The standard InChI is InChI=1S/C17H12ClN5O2S/c18-14-9-4-8-13(12-6-2-1-3-7-12)15(14)22-26(24,25)17-20-16-19-10-5-11-23(16)21-17/h1-11,22H. The van der Waals surface area contributed by atoms with Gasteiger partial charge in [-0.15, -0.1) is 5.10 Å². The van der Waals surface area contributed by atoms with Gasteiger partial charge in [0.25, 0.3) is 21.0 Å². The number of para-hydroxylation sites is 1. The minimum atomic E-state index is -4.05. The summed E-state index contributed by atoms with van der Waals surface area (Å²) in [4.78, 5) is 7.94. The maximum absolute atomic E-state index is 12.8. The highest BCUT2D eigenvalue weighted by atomic mass is 35.5. The van der Waals surface area contributed by atoms with Crippen LogP contribution >= 0.6 is 11.6 Å². The van der Waals surface area contributed by atoms with E-state index in [0.29, 0.717) is 5.56 Å². The number of anilines is 1. The molecule has 26 heavy (non-hydrogen) atoms. The molecule has 0 saturated carbocycles. The van der Waals surface area contributed by atoms with Crippen LogP contribution < -0.4 is 4.72 Å². The Morgan fingerprint density at radius 2 is 1.81 bits per heavy atom. The average Bonchev–Trinajstić information content (AvgIpc) is 3.09. The summed E-state index contributed by atoms with van der Waals surface area (Å²) >= 11 is 6.27. The summed E-state index contributed by atoms with van der Waals surface area (Å²) in [5, 5.41) is 3.86. The van der Waals surface area contributed by atoms with Crippen molar-refractivity contribution in [2.75, 3.05) is 4.72 Å². The van der Waals surface area contributed by atoms with Crippen molar-refractivity contribution in [3.8, 4) is 11.1 Å². The van der Waals surface area contributed by atoms with Crippen molar-refractivity contribution in [3.63, 3.8) is 0 Å². The van der Waals surface area contributed by atoms with Gasteiger partial charge < -0.3 is 0 Å².